The van der Waals surface area contributed by atoms with Gasteiger partial charge in [0.25, 0.3) is 0 Å². The number of hydrogen-bond acceptors (Lipinski definition) is 4. The van der Waals surface area contributed by atoms with Gasteiger partial charge in [-0.1, -0.05) is 5.10 Å². The van der Waals surface area contributed by atoms with Gasteiger partial charge in [-0.15, -0.1) is 0 Å². The van der Waals surface area contributed by atoms with Crippen LogP contribution >= 0.6 is 0 Å². The number of quaternary nitrogens is 1. The average Bonchev–Trinajstić information content (AvgIpc) is 2.86. The van der Waals surface area contributed by atoms with Crippen molar-refractivity contribution in [3.63, 3.8) is 0 Å². The monoisotopic (exact) mass is 247 g/mol. The van der Waals surface area contributed by atoms with E-state index < -0.39 is 5.97 Å². The minimum atomic E-state index is -1.13. The fourth-order valence-corrected chi connectivity index (χ4v) is 3.14. The van der Waals surface area contributed by atoms with E-state index in [-0.39, 0.29) is 5.57 Å². The molecule has 0 aromatic heterocycles. The Labute approximate surface area is 106 Å². The number of carbonyl (C=O) groups is 1. The Hall–Kier alpha value is -1.62. The standard InChI is InChI=1S/C13H17N3O2/c1-9-7-10(2)15-8-16(5-3-4-6-16)14-12(15)11(9)13(17)18/h7H,3-6,8H2,1-2H3. The molecule has 0 aromatic carbocycles. The third-order valence-electron chi connectivity index (χ3n) is 4.04. The van der Waals surface area contributed by atoms with Crippen LogP contribution in [0.3, 0.4) is 0 Å². The molecular weight excluding hydrogens is 230 g/mol. The Morgan fingerprint density at radius 3 is 2.67 bits per heavy atom. The molecule has 0 saturated carbocycles. The highest BCUT2D eigenvalue weighted by atomic mass is 16.4. The normalized spacial score (nSPS) is 25.3. The molecule has 0 radical (unpaired) electrons. The van der Waals surface area contributed by atoms with Crippen LogP contribution in [0.5, 0.6) is 0 Å². The molecular formula is C13H17N3O2. The van der Waals surface area contributed by atoms with Gasteiger partial charge in [0.1, 0.15) is 13.1 Å². The van der Waals surface area contributed by atoms with E-state index in [1.54, 1.807) is 6.92 Å². The first-order chi connectivity index (χ1) is 8.52. The largest absolute Gasteiger partial charge is 0.545 e. The summed E-state index contributed by atoms with van der Waals surface area (Å²) in [7, 11) is 0. The van der Waals surface area contributed by atoms with Gasteiger partial charge in [0.2, 0.25) is 5.84 Å². The SMILES string of the molecule is CC1=CC(C)=C(C(=O)[O-])C2=N[N+]3(CCCC3)CN12. The van der Waals surface area contributed by atoms with E-state index in [2.05, 4.69) is 0 Å². The summed E-state index contributed by atoms with van der Waals surface area (Å²) in [6, 6.07) is 0. The first kappa shape index (κ1) is 11.5. The van der Waals surface area contributed by atoms with Gasteiger partial charge in [-0.2, -0.15) is 4.59 Å². The van der Waals surface area contributed by atoms with Crippen LogP contribution in [0, 0.1) is 0 Å². The highest BCUT2D eigenvalue weighted by Crippen LogP contribution is 2.33. The molecule has 1 saturated heterocycles. The van der Waals surface area contributed by atoms with Crippen molar-refractivity contribution in [2.75, 3.05) is 19.8 Å². The summed E-state index contributed by atoms with van der Waals surface area (Å²) in [5, 5.41) is 16.0. The lowest BCUT2D eigenvalue weighted by Crippen LogP contribution is -2.43. The van der Waals surface area contributed by atoms with Gasteiger partial charge in [0.05, 0.1) is 5.97 Å². The number of carbonyl (C=O) groups excluding carboxylic acids is 1. The molecule has 0 unspecified atom stereocenters. The lowest BCUT2D eigenvalue weighted by atomic mass is 10.0. The molecule has 5 heteroatoms. The van der Waals surface area contributed by atoms with E-state index in [1.165, 1.54) is 0 Å². The first-order valence-electron chi connectivity index (χ1n) is 6.37. The van der Waals surface area contributed by atoms with Crippen molar-refractivity contribution in [2.45, 2.75) is 26.7 Å². The molecule has 0 atom stereocenters. The number of rotatable bonds is 1. The Morgan fingerprint density at radius 2 is 2.06 bits per heavy atom. The molecule has 3 aliphatic rings. The second-order valence-corrected chi connectivity index (χ2v) is 5.37. The van der Waals surface area contributed by atoms with Crippen LogP contribution in [0.4, 0.5) is 0 Å². The fraction of sp³-hybridized carbons (Fsp3) is 0.538. The van der Waals surface area contributed by atoms with E-state index >= 15 is 0 Å². The van der Waals surface area contributed by atoms with Crippen LogP contribution in [0.2, 0.25) is 0 Å². The van der Waals surface area contributed by atoms with Crippen LogP contribution in [0.25, 0.3) is 0 Å². The molecule has 3 rings (SSSR count). The molecule has 96 valence electrons. The number of carboxylic acid groups (broad SMARTS) is 1. The van der Waals surface area contributed by atoms with Crippen molar-refractivity contribution >= 4 is 11.8 Å². The Morgan fingerprint density at radius 1 is 1.39 bits per heavy atom. The number of nitrogens with zero attached hydrogens (tertiary/aromatic N) is 3. The average molecular weight is 247 g/mol. The summed E-state index contributed by atoms with van der Waals surface area (Å²) in [6.45, 7) is 6.59. The lowest BCUT2D eigenvalue weighted by Gasteiger charge is -2.28. The van der Waals surface area contributed by atoms with Gasteiger partial charge < -0.3 is 9.90 Å². The zero-order chi connectivity index (χ0) is 12.9. The molecule has 0 bridgehead atoms. The highest BCUT2D eigenvalue weighted by molar-refractivity contribution is 6.19. The quantitative estimate of drug-likeness (QED) is 0.621. The molecule has 0 amide bonds. The summed E-state index contributed by atoms with van der Waals surface area (Å²) in [6.07, 6.45) is 4.23. The molecule has 0 N–H and O–H groups in total. The molecule has 1 fully saturated rings. The van der Waals surface area contributed by atoms with Gasteiger partial charge in [-0.25, -0.2) is 0 Å². The van der Waals surface area contributed by atoms with Gasteiger partial charge in [-0.05, 0) is 25.5 Å². The van der Waals surface area contributed by atoms with Crippen molar-refractivity contribution in [3.05, 3.63) is 22.9 Å². The molecule has 1 spiro atoms. The maximum absolute atomic E-state index is 11.3. The van der Waals surface area contributed by atoms with Crippen molar-refractivity contribution in [3.8, 4) is 0 Å². The predicted molar refractivity (Wildman–Crippen MR) is 64.8 cm³/mol. The number of hydrogen-bond donors (Lipinski definition) is 0. The van der Waals surface area contributed by atoms with Crippen molar-refractivity contribution in [2.24, 2.45) is 5.10 Å². The zero-order valence-electron chi connectivity index (χ0n) is 10.8. The maximum atomic E-state index is 11.3. The van der Waals surface area contributed by atoms with E-state index in [4.69, 9.17) is 5.10 Å². The summed E-state index contributed by atoms with van der Waals surface area (Å²) in [5.74, 6) is -0.534. The zero-order valence-corrected chi connectivity index (χ0v) is 10.8. The maximum Gasteiger partial charge on any atom is 0.202 e. The van der Waals surface area contributed by atoms with Gasteiger partial charge in [0, 0.05) is 24.1 Å². The van der Waals surface area contributed by atoms with Crippen LogP contribution in [0.1, 0.15) is 26.7 Å². The molecule has 0 aliphatic carbocycles. The molecule has 0 aromatic rings. The van der Waals surface area contributed by atoms with Crippen LogP contribution in [-0.4, -0.2) is 41.1 Å². The smallest absolute Gasteiger partial charge is 0.202 e. The van der Waals surface area contributed by atoms with Crippen molar-refractivity contribution in [1.82, 2.24) is 4.90 Å². The first-order valence-corrected chi connectivity index (χ1v) is 6.37. The second kappa shape index (κ2) is 3.68. The van der Waals surface area contributed by atoms with Crippen molar-refractivity contribution < 1.29 is 14.5 Å². The third kappa shape index (κ3) is 1.50. The van der Waals surface area contributed by atoms with E-state index in [0.717, 1.165) is 43.9 Å². The minimum absolute atomic E-state index is 0.252. The van der Waals surface area contributed by atoms with E-state index in [0.29, 0.717) is 10.4 Å². The van der Waals surface area contributed by atoms with Gasteiger partial charge >= 0.3 is 0 Å². The van der Waals surface area contributed by atoms with Crippen LogP contribution < -0.4 is 5.11 Å². The molecule has 5 nitrogen and oxygen atoms in total. The topological polar surface area (TPSA) is 55.7 Å². The van der Waals surface area contributed by atoms with E-state index in [1.807, 2.05) is 17.9 Å². The number of carboxylic acids is 1. The molecule has 3 aliphatic heterocycles. The van der Waals surface area contributed by atoms with Gasteiger partial charge in [-0.3, -0.25) is 4.90 Å². The minimum Gasteiger partial charge on any atom is -0.545 e. The fourth-order valence-electron chi connectivity index (χ4n) is 3.14. The Kier molecular flexibility index (Phi) is 2.35. The summed E-state index contributed by atoms with van der Waals surface area (Å²) in [5.41, 5.74) is 2.06. The number of amidine groups is 1. The number of allylic oxidation sites excluding steroid dienone is 3. The summed E-state index contributed by atoms with van der Waals surface area (Å²) < 4.78 is 0.657. The van der Waals surface area contributed by atoms with Gasteiger partial charge in [0.15, 0.2) is 6.67 Å². The third-order valence-corrected chi connectivity index (χ3v) is 4.04. The van der Waals surface area contributed by atoms with Crippen molar-refractivity contribution in [1.29, 1.82) is 0 Å². The second-order valence-electron chi connectivity index (χ2n) is 5.37. The summed E-state index contributed by atoms with van der Waals surface area (Å²) in [4.78, 5) is 13.3. The Balaban J connectivity index is 2.09. The van der Waals surface area contributed by atoms with Crippen LogP contribution in [-0.2, 0) is 4.79 Å². The van der Waals surface area contributed by atoms with E-state index in [9.17, 15) is 9.90 Å². The Bertz CT molecular complexity index is 510. The highest BCUT2D eigenvalue weighted by Gasteiger charge is 2.44. The summed E-state index contributed by atoms with van der Waals surface area (Å²) >= 11 is 0. The molecule has 18 heavy (non-hydrogen) atoms. The predicted octanol–water partition coefficient (Wildman–Crippen LogP) is 0.167. The van der Waals surface area contributed by atoms with Crippen LogP contribution in [0.15, 0.2) is 28.0 Å². The lowest BCUT2D eigenvalue weighted by molar-refractivity contribution is -0.923. The number of fused-ring (bicyclic) bond motifs is 1. The molecule has 3 heterocycles. The number of aliphatic carboxylic acids is 1.